The van der Waals surface area contributed by atoms with Crippen LogP contribution in [0.3, 0.4) is 0 Å². The first-order chi connectivity index (χ1) is 13.5. The second-order valence-corrected chi connectivity index (χ2v) is 7.91. The molecule has 1 N–H and O–H groups in total. The van der Waals surface area contributed by atoms with Gasteiger partial charge in [0.1, 0.15) is 16.1 Å². The van der Waals surface area contributed by atoms with Gasteiger partial charge >= 0.3 is 0 Å². The van der Waals surface area contributed by atoms with Crippen molar-refractivity contribution in [3.8, 4) is 5.69 Å². The van der Waals surface area contributed by atoms with Gasteiger partial charge in [-0.1, -0.05) is 48.2 Å². The van der Waals surface area contributed by atoms with Crippen LogP contribution < -0.4 is 5.43 Å². The van der Waals surface area contributed by atoms with Crippen LogP contribution in [0.2, 0.25) is 0 Å². The molecule has 6 nitrogen and oxygen atoms in total. The average Bonchev–Trinajstić information content (AvgIpc) is 3.27. The third-order valence-electron chi connectivity index (χ3n) is 4.85. The summed E-state index contributed by atoms with van der Waals surface area (Å²) < 4.78 is 1.95. The van der Waals surface area contributed by atoms with Gasteiger partial charge in [-0.15, -0.1) is 0 Å². The van der Waals surface area contributed by atoms with Gasteiger partial charge in [0, 0.05) is 28.6 Å². The van der Waals surface area contributed by atoms with Gasteiger partial charge in [-0.3, -0.25) is 15.5 Å². The number of nitro groups is 1. The van der Waals surface area contributed by atoms with Gasteiger partial charge in [-0.05, 0) is 38.5 Å². The number of nitrogens with one attached hydrogen (secondary N) is 1. The first-order valence-electron chi connectivity index (χ1n) is 8.95. The van der Waals surface area contributed by atoms with Gasteiger partial charge in [0.15, 0.2) is 0 Å². The first kappa shape index (κ1) is 18.3. The second-order valence-electron chi connectivity index (χ2n) is 6.82. The van der Waals surface area contributed by atoms with E-state index in [1.54, 1.807) is 17.8 Å². The SMILES string of the molecule is Cc1ccc(-n2c(C)cc([C@H]3NN=C(c4ccccc4)S3)c2C)c([N+](=O)[O-])c1. The van der Waals surface area contributed by atoms with Gasteiger partial charge < -0.3 is 4.57 Å². The van der Waals surface area contributed by atoms with E-state index in [9.17, 15) is 10.1 Å². The van der Waals surface area contributed by atoms with Gasteiger partial charge in [-0.25, -0.2) is 0 Å². The fraction of sp³-hybridized carbons (Fsp3) is 0.190. The monoisotopic (exact) mass is 392 g/mol. The van der Waals surface area contributed by atoms with E-state index >= 15 is 0 Å². The summed E-state index contributed by atoms with van der Waals surface area (Å²) in [7, 11) is 0. The topological polar surface area (TPSA) is 72.5 Å². The fourth-order valence-corrected chi connectivity index (χ4v) is 4.59. The van der Waals surface area contributed by atoms with Gasteiger partial charge in [0.2, 0.25) is 0 Å². The van der Waals surface area contributed by atoms with E-state index in [1.807, 2.05) is 67.8 Å². The molecule has 0 bridgehead atoms. The Morgan fingerprint density at radius 2 is 1.86 bits per heavy atom. The maximum Gasteiger partial charge on any atom is 0.293 e. The summed E-state index contributed by atoms with van der Waals surface area (Å²) in [5, 5.41) is 17.0. The maximum atomic E-state index is 11.6. The highest BCUT2D eigenvalue weighted by atomic mass is 32.2. The molecule has 0 spiro atoms. The molecule has 3 aromatic rings. The molecule has 0 aliphatic carbocycles. The number of benzene rings is 2. The highest BCUT2D eigenvalue weighted by molar-refractivity contribution is 8.14. The highest BCUT2D eigenvalue weighted by Gasteiger charge is 2.27. The standard InChI is InChI=1S/C21H20N4O2S/c1-13-9-10-18(19(11-13)25(26)27)24-14(2)12-17(15(24)3)21-23-22-20(28-21)16-7-5-4-6-8-16/h4-12,21,23H,1-3H3/t21-/m0/s1. The predicted molar refractivity (Wildman–Crippen MR) is 113 cm³/mol. The van der Waals surface area contributed by atoms with Crippen molar-refractivity contribution in [2.75, 3.05) is 0 Å². The van der Waals surface area contributed by atoms with Crippen molar-refractivity contribution in [2.45, 2.75) is 26.1 Å². The van der Waals surface area contributed by atoms with Gasteiger partial charge in [-0.2, -0.15) is 5.10 Å². The van der Waals surface area contributed by atoms with Crippen molar-refractivity contribution in [1.29, 1.82) is 0 Å². The summed E-state index contributed by atoms with van der Waals surface area (Å²) in [5.74, 6) is 0. The third-order valence-corrected chi connectivity index (χ3v) is 6.00. The molecule has 0 saturated carbocycles. The molecule has 7 heteroatoms. The minimum atomic E-state index is -0.319. The van der Waals surface area contributed by atoms with E-state index in [0.29, 0.717) is 5.69 Å². The molecule has 1 atom stereocenters. The van der Waals surface area contributed by atoms with Crippen molar-refractivity contribution in [1.82, 2.24) is 9.99 Å². The van der Waals surface area contributed by atoms with E-state index in [1.165, 1.54) is 0 Å². The molecule has 1 aliphatic rings. The Bertz CT molecular complexity index is 1090. The van der Waals surface area contributed by atoms with E-state index in [2.05, 4.69) is 16.6 Å². The molecule has 2 heterocycles. The predicted octanol–water partition coefficient (Wildman–Crippen LogP) is 5.01. The van der Waals surface area contributed by atoms with Crippen LogP contribution in [0.1, 0.15) is 33.5 Å². The molecule has 1 aliphatic heterocycles. The summed E-state index contributed by atoms with van der Waals surface area (Å²) in [4.78, 5) is 11.3. The van der Waals surface area contributed by atoms with Crippen LogP contribution in [-0.2, 0) is 0 Å². The first-order valence-corrected chi connectivity index (χ1v) is 9.83. The lowest BCUT2D eigenvalue weighted by molar-refractivity contribution is -0.384. The number of nitrogens with zero attached hydrogens (tertiary/aromatic N) is 3. The zero-order chi connectivity index (χ0) is 19.8. The Morgan fingerprint density at radius 3 is 2.57 bits per heavy atom. The lowest BCUT2D eigenvalue weighted by atomic mass is 10.2. The van der Waals surface area contributed by atoms with Crippen molar-refractivity contribution in [3.63, 3.8) is 0 Å². The van der Waals surface area contributed by atoms with Crippen LogP contribution in [0, 0.1) is 30.9 Å². The Labute approximate surface area is 167 Å². The quantitative estimate of drug-likeness (QED) is 0.500. The maximum absolute atomic E-state index is 11.6. The minimum absolute atomic E-state index is 0.0281. The van der Waals surface area contributed by atoms with E-state index in [4.69, 9.17) is 0 Å². The van der Waals surface area contributed by atoms with Crippen molar-refractivity contribution in [2.24, 2.45) is 5.10 Å². The number of hydrazone groups is 1. The zero-order valence-corrected chi connectivity index (χ0v) is 16.7. The molecule has 0 fully saturated rings. The molecular formula is C21H20N4O2S. The molecule has 0 amide bonds. The van der Waals surface area contributed by atoms with Crippen molar-refractivity contribution >= 4 is 22.5 Å². The van der Waals surface area contributed by atoms with E-state index in [-0.39, 0.29) is 16.0 Å². The van der Waals surface area contributed by atoms with Gasteiger partial charge in [0.05, 0.1) is 4.92 Å². The number of aryl methyl sites for hydroxylation is 2. The highest BCUT2D eigenvalue weighted by Crippen LogP contribution is 2.38. The lowest BCUT2D eigenvalue weighted by Crippen LogP contribution is -2.09. The van der Waals surface area contributed by atoms with E-state index in [0.717, 1.165) is 33.1 Å². The smallest absolute Gasteiger partial charge is 0.293 e. The number of nitro benzene ring substituents is 1. The number of rotatable bonds is 4. The van der Waals surface area contributed by atoms with Crippen LogP contribution in [0.15, 0.2) is 59.7 Å². The molecule has 142 valence electrons. The number of aromatic nitrogens is 1. The van der Waals surface area contributed by atoms with Crippen LogP contribution in [0.4, 0.5) is 5.69 Å². The largest absolute Gasteiger partial charge is 0.312 e. The average molecular weight is 392 g/mol. The Kier molecular flexibility index (Phi) is 4.68. The van der Waals surface area contributed by atoms with Crippen LogP contribution >= 0.6 is 11.8 Å². The molecule has 2 aromatic carbocycles. The molecule has 4 rings (SSSR count). The Hall–Kier alpha value is -3.06. The summed E-state index contributed by atoms with van der Waals surface area (Å²) >= 11 is 1.65. The second kappa shape index (κ2) is 7.16. The molecule has 0 saturated heterocycles. The molecule has 1 aromatic heterocycles. The normalized spacial score (nSPS) is 16.0. The molecule has 28 heavy (non-hydrogen) atoms. The number of thioether (sulfide) groups is 1. The lowest BCUT2D eigenvalue weighted by Gasteiger charge is -2.13. The molecule has 0 unspecified atom stereocenters. The number of hydrogen-bond donors (Lipinski definition) is 1. The zero-order valence-electron chi connectivity index (χ0n) is 15.8. The van der Waals surface area contributed by atoms with Gasteiger partial charge in [0.25, 0.3) is 5.69 Å². The van der Waals surface area contributed by atoms with Crippen LogP contribution in [-0.4, -0.2) is 14.5 Å². The summed E-state index contributed by atoms with van der Waals surface area (Å²) in [6.07, 6.45) is 0. The summed E-state index contributed by atoms with van der Waals surface area (Å²) in [5.41, 5.74) is 8.85. The molecular weight excluding hydrogens is 372 g/mol. The van der Waals surface area contributed by atoms with Crippen LogP contribution in [0.5, 0.6) is 0 Å². The van der Waals surface area contributed by atoms with E-state index < -0.39 is 0 Å². The fourth-order valence-electron chi connectivity index (χ4n) is 3.52. The minimum Gasteiger partial charge on any atom is -0.312 e. The third kappa shape index (κ3) is 3.18. The Balaban J connectivity index is 1.70. The summed E-state index contributed by atoms with van der Waals surface area (Å²) in [6.45, 7) is 5.83. The summed E-state index contributed by atoms with van der Waals surface area (Å²) in [6, 6.07) is 17.5. The van der Waals surface area contributed by atoms with Crippen LogP contribution in [0.25, 0.3) is 5.69 Å². The molecule has 0 radical (unpaired) electrons. The number of hydrogen-bond acceptors (Lipinski definition) is 5. The van der Waals surface area contributed by atoms with Crippen molar-refractivity contribution < 1.29 is 4.92 Å². The Morgan fingerprint density at radius 1 is 1.11 bits per heavy atom. The van der Waals surface area contributed by atoms with Crippen molar-refractivity contribution in [3.05, 3.63) is 92.8 Å².